The Morgan fingerprint density at radius 1 is 0.447 bits per heavy atom. The van der Waals surface area contributed by atoms with Crippen molar-refractivity contribution < 1.29 is 37.6 Å². The van der Waals surface area contributed by atoms with Gasteiger partial charge in [0, 0.05) is 0 Å². The van der Waals surface area contributed by atoms with Crippen LogP contribution in [-0.2, 0) is 93.3 Å². The van der Waals surface area contributed by atoms with E-state index >= 15 is 0 Å². The van der Waals surface area contributed by atoms with Gasteiger partial charge in [0.25, 0.3) is 0 Å². The van der Waals surface area contributed by atoms with E-state index in [-0.39, 0.29) is 19.5 Å². The molecule has 47 heavy (non-hydrogen) atoms. The summed E-state index contributed by atoms with van der Waals surface area (Å²) in [6, 6.07) is 30.6. The minimum atomic E-state index is -2.89. The molecule has 0 saturated carbocycles. The molecule has 0 spiro atoms. The maximum Gasteiger partial charge on any atom is 2.00 e. The normalized spacial score (nSPS) is 10.6. The molecule has 0 aliphatic carbocycles. The third kappa shape index (κ3) is 14.0. The maximum atomic E-state index is 5.87. The molecule has 0 bridgehead atoms. The number of rotatable bonds is 16. The van der Waals surface area contributed by atoms with Crippen molar-refractivity contribution >= 4 is 59.5 Å². The molecule has 4 nitrogen and oxygen atoms in total. The van der Waals surface area contributed by atoms with E-state index in [1.165, 1.54) is 0 Å². The molecule has 11 heteroatoms. The molecule has 0 N–H and O–H groups in total. The minimum absolute atomic E-state index is 0. The summed E-state index contributed by atoms with van der Waals surface area (Å²) < 4.78 is 23.5. The van der Waals surface area contributed by atoms with Crippen LogP contribution in [-0.4, -0.2) is 0 Å². The van der Waals surface area contributed by atoms with Gasteiger partial charge < -0.3 is 42.6 Å². The fourth-order valence-electron chi connectivity index (χ4n) is 4.19. The standard InChI is InChI=1S/2C18H19O2PS2.Zn/c2*1-3-9-15-11-5-7-13-17(15)19-21(22,23)20-18-14-8-6-12-16(18)10-4-2;/h2*3-8,11-14H,1-2,9-10H2,(H,22,23);/q;;+2/p-2. The van der Waals surface area contributed by atoms with E-state index in [9.17, 15) is 0 Å². The number of hydrogen-bond donors (Lipinski definition) is 0. The predicted octanol–water partition coefficient (Wildman–Crippen LogP) is 10.7. The Morgan fingerprint density at radius 2 is 0.638 bits per heavy atom. The molecule has 4 aromatic rings. The van der Waals surface area contributed by atoms with Gasteiger partial charge in [-0.25, -0.2) is 0 Å². The summed E-state index contributed by atoms with van der Waals surface area (Å²) in [5.41, 5.74) is -1.82. The first-order chi connectivity index (χ1) is 22.1. The van der Waals surface area contributed by atoms with Crippen molar-refractivity contribution in [3.63, 3.8) is 0 Å². The zero-order chi connectivity index (χ0) is 33.4. The van der Waals surface area contributed by atoms with E-state index in [1.807, 2.05) is 121 Å². The van der Waals surface area contributed by atoms with E-state index in [0.29, 0.717) is 48.7 Å². The number of para-hydroxylation sites is 4. The first kappa shape index (κ1) is 40.8. The molecular formula is C36H36O4P2S4Zn. The average molecular weight is 788 g/mol. The predicted molar refractivity (Wildman–Crippen MR) is 207 cm³/mol. The second kappa shape index (κ2) is 20.9. The minimum Gasteiger partial charge on any atom is -0.665 e. The number of allylic oxidation sites excluding steroid dienone is 4. The zero-order valence-electron chi connectivity index (χ0n) is 26.1. The summed E-state index contributed by atoms with van der Waals surface area (Å²) in [4.78, 5) is 0. The molecule has 0 fully saturated rings. The van der Waals surface area contributed by atoms with Gasteiger partial charge in [0.2, 0.25) is 0 Å². The molecule has 0 unspecified atom stereocenters. The van der Waals surface area contributed by atoms with Crippen LogP contribution in [0.1, 0.15) is 22.3 Å². The van der Waals surface area contributed by atoms with Gasteiger partial charge in [0.15, 0.2) is 11.4 Å². The van der Waals surface area contributed by atoms with Gasteiger partial charge in [-0.05, 0) is 95.8 Å². The van der Waals surface area contributed by atoms with Crippen molar-refractivity contribution in [2.45, 2.75) is 25.7 Å². The van der Waals surface area contributed by atoms with Crippen molar-refractivity contribution in [2.24, 2.45) is 0 Å². The fraction of sp³-hybridized carbons (Fsp3) is 0.111. The smallest absolute Gasteiger partial charge is 0.665 e. The quantitative estimate of drug-likeness (QED) is 0.0481. The summed E-state index contributed by atoms with van der Waals surface area (Å²) in [7, 11) is 0. The van der Waals surface area contributed by atoms with Crippen LogP contribution in [0.3, 0.4) is 0 Å². The summed E-state index contributed by atoms with van der Waals surface area (Å²) in [5.74, 6) is 2.64. The van der Waals surface area contributed by atoms with Crippen LogP contribution in [0.25, 0.3) is 0 Å². The SMILES string of the molecule is C=CCc1ccccc1OP(=S)([S-])Oc1ccccc1CC=C.C=CCc1ccccc1OP(=S)([S-])Oc1ccccc1CC=C.[Zn+2]. The van der Waals surface area contributed by atoms with Gasteiger partial charge in [-0.1, -0.05) is 97.1 Å². The zero-order valence-corrected chi connectivity index (χ0v) is 34.1. The molecule has 0 aliphatic heterocycles. The topological polar surface area (TPSA) is 36.9 Å². The molecule has 4 aromatic carbocycles. The van der Waals surface area contributed by atoms with Gasteiger partial charge >= 0.3 is 19.5 Å². The monoisotopic (exact) mass is 786 g/mol. The summed E-state index contributed by atoms with van der Waals surface area (Å²) >= 11 is 21.7. The van der Waals surface area contributed by atoms with Crippen molar-refractivity contribution in [3.05, 3.63) is 170 Å². The third-order valence-corrected chi connectivity index (χ3v) is 9.66. The van der Waals surface area contributed by atoms with Crippen molar-refractivity contribution in [2.75, 3.05) is 0 Å². The molecule has 0 heterocycles. The van der Waals surface area contributed by atoms with Crippen molar-refractivity contribution in [3.8, 4) is 23.0 Å². The molecule has 0 aromatic heterocycles. The van der Waals surface area contributed by atoms with E-state index in [0.717, 1.165) is 22.3 Å². The summed E-state index contributed by atoms with van der Waals surface area (Å²) in [5, 5.41) is 0. The Morgan fingerprint density at radius 3 is 0.830 bits per heavy atom. The molecule has 0 aliphatic rings. The van der Waals surface area contributed by atoms with Crippen LogP contribution >= 0.6 is 11.4 Å². The largest absolute Gasteiger partial charge is 2.00 e. The van der Waals surface area contributed by atoms with Crippen LogP contribution in [0.15, 0.2) is 148 Å². The van der Waals surface area contributed by atoms with E-state index in [1.54, 1.807) is 0 Å². The van der Waals surface area contributed by atoms with Gasteiger partial charge in [0.05, 0.1) is 0 Å². The van der Waals surface area contributed by atoms with Crippen LogP contribution < -0.4 is 18.1 Å². The maximum absolute atomic E-state index is 5.87. The van der Waals surface area contributed by atoms with Crippen LogP contribution in [0.4, 0.5) is 0 Å². The molecule has 0 saturated heterocycles. The van der Waals surface area contributed by atoms with Gasteiger partial charge in [-0.3, -0.25) is 0 Å². The van der Waals surface area contributed by atoms with Gasteiger partial charge in [0.1, 0.15) is 23.0 Å². The van der Waals surface area contributed by atoms with Crippen LogP contribution in [0.2, 0.25) is 0 Å². The molecule has 4 rings (SSSR count). The Bertz CT molecular complexity index is 1500. The summed E-state index contributed by atoms with van der Waals surface area (Å²) in [6.45, 7) is 15.0. The number of hydrogen-bond acceptors (Lipinski definition) is 8. The van der Waals surface area contributed by atoms with E-state index in [2.05, 4.69) is 26.3 Å². The molecular weight excluding hydrogens is 752 g/mol. The van der Waals surface area contributed by atoms with E-state index < -0.39 is 11.4 Å². The molecule has 0 atom stereocenters. The van der Waals surface area contributed by atoms with Crippen LogP contribution in [0.5, 0.6) is 23.0 Å². The van der Waals surface area contributed by atoms with E-state index in [4.69, 9.17) is 66.2 Å². The first-order valence-electron chi connectivity index (χ1n) is 14.3. The molecule has 0 amide bonds. The van der Waals surface area contributed by atoms with Crippen molar-refractivity contribution in [1.82, 2.24) is 0 Å². The van der Waals surface area contributed by atoms with Crippen molar-refractivity contribution in [1.29, 1.82) is 0 Å². The second-order valence-electron chi connectivity index (χ2n) is 9.66. The molecule has 240 valence electrons. The van der Waals surface area contributed by atoms with Gasteiger partial charge in [-0.2, -0.15) is 0 Å². The average Bonchev–Trinajstić information content (AvgIpc) is 3.01. The Balaban J connectivity index is 0.000000320. The van der Waals surface area contributed by atoms with Gasteiger partial charge in [-0.15, -0.1) is 26.3 Å². The number of benzene rings is 4. The third-order valence-electron chi connectivity index (χ3n) is 6.19. The fourth-order valence-corrected chi connectivity index (χ4v) is 7.86. The second-order valence-corrected chi connectivity index (χ2v) is 19.3. The Labute approximate surface area is 313 Å². The Hall–Kier alpha value is -2.34. The summed E-state index contributed by atoms with van der Waals surface area (Å²) in [6.07, 6.45) is 10.0. The molecule has 0 radical (unpaired) electrons. The van der Waals surface area contributed by atoms with Crippen LogP contribution in [0, 0.1) is 0 Å². The Kier molecular flexibility index (Phi) is 18.2. The first-order valence-corrected chi connectivity index (χ1v) is 21.6.